The number of esters is 1. The van der Waals surface area contributed by atoms with E-state index in [1.807, 2.05) is 0 Å². The molecule has 0 bridgehead atoms. The highest BCUT2D eigenvalue weighted by molar-refractivity contribution is 5.85. The van der Waals surface area contributed by atoms with Gasteiger partial charge in [-0.25, -0.2) is 14.4 Å². The predicted octanol–water partition coefficient (Wildman–Crippen LogP) is 3.10. The summed E-state index contributed by atoms with van der Waals surface area (Å²) < 4.78 is 15.9. The lowest BCUT2D eigenvalue weighted by molar-refractivity contribution is -0.139. The Hall–Kier alpha value is -2.83. The second-order valence-corrected chi connectivity index (χ2v) is 7.21. The van der Waals surface area contributed by atoms with E-state index in [9.17, 15) is 14.4 Å². The number of hydrogen-bond donors (Lipinski definition) is 0. The molecule has 1 unspecified atom stereocenters. The number of rotatable bonds is 2. The molecule has 2 heterocycles. The van der Waals surface area contributed by atoms with Gasteiger partial charge in [-0.3, -0.25) is 4.90 Å². The molecule has 0 N–H and O–H groups in total. The number of benzene rings is 1. The lowest BCUT2D eigenvalue weighted by Gasteiger charge is -2.27. The van der Waals surface area contributed by atoms with E-state index < -0.39 is 29.3 Å². The Balaban J connectivity index is 1.74. The Morgan fingerprint density at radius 2 is 1.92 bits per heavy atom. The lowest BCUT2D eigenvalue weighted by atomic mass is 10.2. The second-order valence-electron chi connectivity index (χ2n) is 7.21. The van der Waals surface area contributed by atoms with Crippen molar-refractivity contribution in [3.63, 3.8) is 0 Å². The van der Waals surface area contributed by atoms with Gasteiger partial charge in [0.25, 0.3) is 0 Å². The van der Waals surface area contributed by atoms with Crippen LogP contribution < -0.4 is 10.4 Å². The molecule has 1 fully saturated rings. The molecule has 138 valence electrons. The van der Waals surface area contributed by atoms with Crippen molar-refractivity contribution >= 4 is 23.0 Å². The average Bonchev–Trinajstić information content (AvgIpc) is 3.02. The molecule has 3 rings (SSSR count). The monoisotopic (exact) mass is 359 g/mol. The summed E-state index contributed by atoms with van der Waals surface area (Å²) in [6, 6.07) is 7.07. The molecule has 2 aromatic rings. The van der Waals surface area contributed by atoms with Gasteiger partial charge in [0.1, 0.15) is 23.0 Å². The Labute approximate surface area is 150 Å². The van der Waals surface area contributed by atoms with Crippen LogP contribution in [-0.2, 0) is 9.53 Å². The molecule has 1 saturated heterocycles. The van der Waals surface area contributed by atoms with Crippen LogP contribution in [0, 0.1) is 0 Å². The summed E-state index contributed by atoms with van der Waals surface area (Å²) in [7, 11) is 0. The van der Waals surface area contributed by atoms with Crippen LogP contribution in [0.1, 0.15) is 33.6 Å². The first kappa shape index (κ1) is 18.0. The highest BCUT2D eigenvalue weighted by atomic mass is 16.6. The van der Waals surface area contributed by atoms with E-state index in [0.29, 0.717) is 25.0 Å². The molecule has 0 saturated carbocycles. The Bertz CT molecular complexity index is 895. The summed E-state index contributed by atoms with van der Waals surface area (Å²) in [6.45, 7) is 5.77. The van der Waals surface area contributed by atoms with Gasteiger partial charge >= 0.3 is 17.7 Å². The van der Waals surface area contributed by atoms with Crippen LogP contribution in [0.25, 0.3) is 11.0 Å². The highest BCUT2D eigenvalue weighted by Crippen LogP contribution is 2.24. The normalized spacial score (nSPS) is 17.3. The zero-order valence-electron chi connectivity index (χ0n) is 15.0. The topological polar surface area (TPSA) is 86.0 Å². The standard InChI is InChI=1S/C19H21NO6/c1-19(2,3)26-18(23)20-10-4-5-14(20)17(22)24-13-8-6-12-7-9-16(21)25-15(12)11-13/h6-9,11,14H,4-5,10H2,1-3H3. The Morgan fingerprint density at radius 3 is 2.65 bits per heavy atom. The molecule has 1 aromatic carbocycles. The minimum absolute atomic E-state index is 0.257. The largest absolute Gasteiger partial charge is 0.444 e. The van der Waals surface area contributed by atoms with E-state index in [2.05, 4.69) is 0 Å². The number of fused-ring (bicyclic) bond motifs is 1. The molecule has 1 aliphatic heterocycles. The van der Waals surface area contributed by atoms with E-state index in [-0.39, 0.29) is 5.75 Å². The number of likely N-dealkylation sites (tertiary alicyclic amines) is 1. The zero-order valence-corrected chi connectivity index (χ0v) is 15.0. The predicted molar refractivity (Wildman–Crippen MR) is 94.1 cm³/mol. The summed E-state index contributed by atoms with van der Waals surface area (Å²) in [5.41, 5.74) is -0.782. The van der Waals surface area contributed by atoms with Gasteiger partial charge in [0.2, 0.25) is 0 Å². The first-order valence-corrected chi connectivity index (χ1v) is 8.48. The van der Waals surface area contributed by atoms with Crippen molar-refractivity contribution in [2.24, 2.45) is 0 Å². The number of hydrogen-bond acceptors (Lipinski definition) is 6. The van der Waals surface area contributed by atoms with Crippen molar-refractivity contribution in [2.45, 2.75) is 45.3 Å². The van der Waals surface area contributed by atoms with Gasteiger partial charge < -0.3 is 13.9 Å². The van der Waals surface area contributed by atoms with Gasteiger partial charge in [-0.05, 0) is 51.8 Å². The van der Waals surface area contributed by atoms with Gasteiger partial charge in [-0.2, -0.15) is 0 Å². The van der Waals surface area contributed by atoms with Crippen LogP contribution in [0.5, 0.6) is 5.75 Å². The van der Waals surface area contributed by atoms with Gasteiger partial charge in [-0.15, -0.1) is 0 Å². The third-order valence-electron chi connectivity index (χ3n) is 3.97. The van der Waals surface area contributed by atoms with Crippen LogP contribution in [0.15, 0.2) is 39.5 Å². The molecule has 1 aliphatic rings. The molecule has 1 aromatic heterocycles. The minimum atomic E-state index is -0.691. The highest BCUT2D eigenvalue weighted by Gasteiger charge is 2.37. The Morgan fingerprint density at radius 1 is 1.19 bits per heavy atom. The number of ether oxygens (including phenoxy) is 2. The molecule has 1 amide bonds. The fourth-order valence-corrected chi connectivity index (χ4v) is 2.84. The number of carbonyl (C=O) groups excluding carboxylic acids is 2. The van der Waals surface area contributed by atoms with Crippen molar-refractivity contribution in [3.05, 3.63) is 40.8 Å². The average molecular weight is 359 g/mol. The summed E-state index contributed by atoms with van der Waals surface area (Å²) in [5, 5.41) is 0.723. The van der Waals surface area contributed by atoms with E-state index in [1.165, 1.54) is 17.0 Å². The number of carbonyl (C=O) groups is 2. The van der Waals surface area contributed by atoms with Crippen molar-refractivity contribution in [2.75, 3.05) is 6.54 Å². The SMILES string of the molecule is CC(C)(C)OC(=O)N1CCCC1C(=O)Oc1ccc2ccc(=O)oc2c1. The number of amides is 1. The van der Waals surface area contributed by atoms with E-state index >= 15 is 0 Å². The fraction of sp³-hybridized carbons (Fsp3) is 0.421. The van der Waals surface area contributed by atoms with Crippen LogP contribution in [-0.4, -0.2) is 35.2 Å². The summed E-state index contributed by atoms with van der Waals surface area (Å²) >= 11 is 0. The van der Waals surface area contributed by atoms with Crippen LogP contribution in [0.4, 0.5) is 4.79 Å². The minimum Gasteiger partial charge on any atom is -0.444 e. The van der Waals surface area contributed by atoms with Crippen LogP contribution in [0.2, 0.25) is 0 Å². The fourth-order valence-electron chi connectivity index (χ4n) is 2.84. The zero-order chi connectivity index (χ0) is 18.9. The second kappa shape index (κ2) is 6.82. The van der Waals surface area contributed by atoms with Crippen molar-refractivity contribution < 1.29 is 23.5 Å². The summed E-state index contributed by atoms with van der Waals surface area (Å²) in [4.78, 5) is 37.5. The third-order valence-corrected chi connectivity index (χ3v) is 3.97. The van der Waals surface area contributed by atoms with E-state index in [0.717, 1.165) is 5.39 Å². The van der Waals surface area contributed by atoms with Crippen LogP contribution in [0.3, 0.4) is 0 Å². The lowest BCUT2D eigenvalue weighted by Crippen LogP contribution is -2.44. The maximum atomic E-state index is 12.5. The van der Waals surface area contributed by atoms with Crippen molar-refractivity contribution in [1.29, 1.82) is 0 Å². The maximum Gasteiger partial charge on any atom is 0.411 e. The first-order chi connectivity index (χ1) is 12.2. The smallest absolute Gasteiger partial charge is 0.411 e. The maximum absolute atomic E-state index is 12.5. The van der Waals surface area contributed by atoms with Crippen LogP contribution >= 0.6 is 0 Å². The third kappa shape index (κ3) is 4.04. The quantitative estimate of drug-likeness (QED) is 0.465. The molecule has 0 aliphatic carbocycles. The summed E-state index contributed by atoms with van der Waals surface area (Å²) in [5.74, 6) is -0.279. The van der Waals surface area contributed by atoms with Gasteiger partial charge in [-0.1, -0.05) is 0 Å². The van der Waals surface area contributed by atoms with E-state index in [1.54, 1.807) is 39.0 Å². The summed E-state index contributed by atoms with van der Waals surface area (Å²) in [6.07, 6.45) is 0.688. The van der Waals surface area contributed by atoms with Crippen molar-refractivity contribution in [3.8, 4) is 5.75 Å². The molecular formula is C19H21NO6. The van der Waals surface area contributed by atoms with Gasteiger partial charge in [0.15, 0.2) is 0 Å². The molecule has 7 nitrogen and oxygen atoms in total. The molecule has 26 heavy (non-hydrogen) atoms. The number of nitrogens with zero attached hydrogens (tertiary/aromatic N) is 1. The molecule has 1 atom stereocenters. The first-order valence-electron chi connectivity index (χ1n) is 8.48. The van der Waals surface area contributed by atoms with Crippen molar-refractivity contribution in [1.82, 2.24) is 4.90 Å². The Kier molecular flexibility index (Phi) is 4.71. The van der Waals surface area contributed by atoms with Gasteiger partial charge in [0.05, 0.1) is 0 Å². The molecule has 0 radical (unpaired) electrons. The molecule has 7 heteroatoms. The van der Waals surface area contributed by atoms with E-state index in [4.69, 9.17) is 13.9 Å². The van der Waals surface area contributed by atoms with Gasteiger partial charge in [0, 0.05) is 24.1 Å². The molecule has 0 spiro atoms. The molecular weight excluding hydrogens is 338 g/mol.